The van der Waals surface area contributed by atoms with E-state index in [1.54, 1.807) is 0 Å². The first-order chi connectivity index (χ1) is 5.94. The van der Waals surface area contributed by atoms with Gasteiger partial charge in [-0.1, -0.05) is 20.8 Å². The molecule has 1 nitrogen and oxygen atoms in total. The Morgan fingerprint density at radius 3 is 2.38 bits per heavy atom. The highest BCUT2D eigenvalue weighted by atomic mass is 19.3. The van der Waals surface area contributed by atoms with Gasteiger partial charge in [-0.2, -0.15) is 0 Å². The third-order valence-electron chi connectivity index (χ3n) is 3.37. The molecule has 0 aliphatic carbocycles. The van der Waals surface area contributed by atoms with Crippen LogP contribution in [-0.4, -0.2) is 31.0 Å². The molecule has 0 saturated carbocycles. The summed E-state index contributed by atoms with van der Waals surface area (Å²) in [7, 11) is 0. The fourth-order valence-electron chi connectivity index (χ4n) is 1.90. The molecule has 0 N–H and O–H groups in total. The van der Waals surface area contributed by atoms with Crippen LogP contribution in [0.2, 0.25) is 0 Å². The van der Waals surface area contributed by atoms with E-state index in [0.29, 0.717) is 5.92 Å². The van der Waals surface area contributed by atoms with Gasteiger partial charge in [0, 0.05) is 6.54 Å². The van der Waals surface area contributed by atoms with Crippen LogP contribution < -0.4 is 0 Å². The van der Waals surface area contributed by atoms with Crippen molar-refractivity contribution in [2.24, 2.45) is 11.3 Å². The second kappa shape index (κ2) is 3.91. The molecule has 0 amide bonds. The molecule has 1 rings (SSSR count). The van der Waals surface area contributed by atoms with Gasteiger partial charge in [-0.3, -0.25) is 4.90 Å². The zero-order valence-electron chi connectivity index (χ0n) is 8.69. The Kier molecular flexibility index (Phi) is 3.28. The summed E-state index contributed by atoms with van der Waals surface area (Å²) < 4.78 is 24.2. The number of hydrogen-bond acceptors (Lipinski definition) is 1. The van der Waals surface area contributed by atoms with Crippen LogP contribution in [0.15, 0.2) is 0 Å². The Labute approximate surface area is 79.1 Å². The van der Waals surface area contributed by atoms with Gasteiger partial charge in [-0.25, -0.2) is 8.78 Å². The van der Waals surface area contributed by atoms with Crippen LogP contribution in [-0.2, 0) is 0 Å². The Morgan fingerprint density at radius 1 is 1.38 bits per heavy atom. The van der Waals surface area contributed by atoms with E-state index in [0.717, 1.165) is 19.5 Å². The number of halogens is 2. The molecule has 0 radical (unpaired) electrons. The topological polar surface area (TPSA) is 3.24 Å². The number of nitrogens with zero attached hydrogens (tertiary/aromatic N) is 1. The normalized spacial score (nSPS) is 30.7. The maximum absolute atomic E-state index is 12.1. The fourth-order valence-corrected chi connectivity index (χ4v) is 1.90. The van der Waals surface area contributed by atoms with Crippen LogP contribution >= 0.6 is 0 Å². The van der Waals surface area contributed by atoms with Gasteiger partial charge >= 0.3 is 0 Å². The van der Waals surface area contributed by atoms with E-state index in [1.807, 2.05) is 4.90 Å². The quantitative estimate of drug-likeness (QED) is 0.663. The highest BCUT2D eigenvalue weighted by Gasteiger charge is 2.36. The fraction of sp³-hybridized carbons (Fsp3) is 1.00. The van der Waals surface area contributed by atoms with E-state index in [2.05, 4.69) is 20.8 Å². The number of hydrogen-bond donors (Lipinski definition) is 0. The molecule has 0 aromatic heterocycles. The molecule has 3 heteroatoms. The molecule has 0 bridgehead atoms. The van der Waals surface area contributed by atoms with Gasteiger partial charge < -0.3 is 0 Å². The lowest BCUT2D eigenvalue weighted by Crippen LogP contribution is -2.31. The molecule has 0 aromatic rings. The summed E-state index contributed by atoms with van der Waals surface area (Å²) in [4.78, 5) is 1.88. The molecular formula is C10H19F2N. The minimum absolute atomic E-state index is 0.0533. The summed E-state index contributed by atoms with van der Waals surface area (Å²) in [5, 5.41) is 0. The van der Waals surface area contributed by atoms with Crippen LogP contribution in [0.4, 0.5) is 8.78 Å². The molecule has 1 aliphatic heterocycles. The third kappa shape index (κ3) is 2.63. The molecule has 1 saturated heterocycles. The molecule has 1 atom stereocenters. The lowest BCUT2D eigenvalue weighted by Gasteiger charge is -2.28. The Bertz CT molecular complexity index is 170. The monoisotopic (exact) mass is 191 g/mol. The van der Waals surface area contributed by atoms with Gasteiger partial charge in [0.15, 0.2) is 0 Å². The van der Waals surface area contributed by atoms with Crippen molar-refractivity contribution < 1.29 is 8.78 Å². The Balaban J connectivity index is 2.44. The first kappa shape index (κ1) is 10.9. The third-order valence-corrected chi connectivity index (χ3v) is 3.37. The second-order valence-electron chi connectivity index (χ2n) is 4.68. The smallest absolute Gasteiger partial charge is 0.251 e. The SMILES string of the molecule is CC(C)[C@@]1(C)CCN(CC(F)F)C1. The zero-order chi connectivity index (χ0) is 10.1. The summed E-state index contributed by atoms with van der Waals surface area (Å²) in [6, 6.07) is 0. The summed E-state index contributed by atoms with van der Waals surface area (Å²) in [5.74, 6) is 0.579. The average Bonchev–Trinajstić information content (AvgIpc) is 2.32. The van der Waals surface area contributed by atoms with Crippen molar-refractivity contribution in [1.29, 1.82) is 0 Å². The van der Waals surface area contributed by atoms with Gasteiger partial charge in [-0.15, -0.1) is 0 Å². The molecule has 78 valence electrons. The van der Waals surface area contributed by atoms with Gasteiger partial charge in [0.25, 0.3) is 6.43 Å². The van der Waals surface area contributed by atoms with Crippen molar-refractivity contribution >= 4 is 0 Å². The van der Waals surface area contributed by atoms with Crippen molar-refractivity contribution in [3.63, 3.8) is 0 Å². The highest BCUT2D eigenvalue weighted by molar-refractivity contribution is 4.88. The minimum atomic E-state index is -2.19. The van der Waals surface area contributed by atoms with Gasteiger partial charge in [0.05, 0.1) is 6.54 Å². The summed E-state index contributed by atoms with van der Waals surface area (Å²) >= 11 is 0. The standard InChI is InChI=1S/C10H19F2N/c1-8(2)10(3)4-5-13(7-10)6-9(11)12/h8-9H,4-7H2,1-3H3/t10-/m0/s1. The zero-order valence-corrected chi connectivity index (χ0v) is 8.69. The predicted molar refractivity (Wildman–Crippen MR) is 50.0 cm³/mol. The van der Waals surface area contributed by atoms with Crippen molar-refractivity contribution in [3.8, 4) is 0 Å². The summed E-state index contributed by atoms with van der Waals surface area (Å²) in [6.45, 7) is 8.15. The van der Waals surface area contributed by atoms with Gasteiger partial charge in [0.2, 0.25) is 0 Å². The van der Waals surface area contributed by atoms with Crippen LogP contribution in [0.5, 0.6) is 0 Å². The van der Waals surface area contributed by atoms with Gasteiger partial charge in [0.1, 0.15) is 0 Å². The van der Waals surface area contributed by atoms with E-state index in [9.17, 15) is 8.78 Å². The number of rotatable bonds is 3. The van der Waals surface area contributed by atoms with Crippen molar-refractivity contribution in [3.05, 3.63) is 0 Å². The molecule has 0 spiro atoms. The molecule has 13 heavy (non-hydrogen) atoms. The molecule has 1 aliphatic rings. The van der Waals surface area contributed by atoms with Crippen LogP contribution in [0, 0.1) is 11.3 Å². The molecule has 1 fully saturated rings. The first-order valence-electron chi connectivity index (χ1n) is 4.94. The predicted octanol–water partition coefficient (Wildman–Crippen LogP) is 2.62. The van der Waals surface area contributed by atoms with Gasteiger partial charge in [-0.05, 0) is 24.3 Å². The molecular weight excluding hydrogens is 172 g/mol. The van der Waals surface area contributed by atoms with Crippen LogP contribution in [0.25, 0.3) is 0 Å². The highest BCUT2D eigenvalue weighted by Crippen LogP contribution is 2.37. The van der Waals surface area contributed by atoms with Crippen LogP contribution in [0.1, 0.15) is 27.2 Å². The Hall–Kier alpha value is -0.180. The van der Waals surface area contributed by atoms with Crippen molar-refractivity contribution in [2.45, 2.75) is 33.6 Å². The minimum Gasteiger partial charge on any atom is -0.297 e. The Morgan fingerprint density at radius 2 is 2.00 bits per heavy atom. The largest absolute Gasteiger partial charge is 0.297 e. The van der Waals surface area contributed by atoms with Crippen LogP contribution in [0.3, 0.4) is 0 Å². The summed E-state index contributed by atoms with van der Waals surface area (Å²) in [5.41, 5.74) is 0.245. The van der Waals surface area contributed by atoms with Crippen molar-refractivity contribution in [1.82, 2.24) is 4.90 Å². The maximum Gasteiger partial charge on any atom is 0.251 e. The number of likely N-dealkylation sites (tertiary alicyclic amines) is 1. The second-order valence-corrected chi connectivity index (χ2v) is 4.68. The molecule has 0 aromatic carbocycles. The molecule has 1 heterocycles. The average molecular weight is 191 g/mol. The van der Waals surface area contributed by atoms with Crippen molar-refractivity contribution in [2.75, 3.05) is 19.6 Å². The van der Waals surface area contributed by atoms with E-state index >= 15 is 0 Å². The lowest BCUT2D eigenvalue weighted by atomic mass is 9.79. The summed E-state index contributed by atoms with van der Waals surface area (Å²) in [6.07, 6.45) is -1.13. The van der Waals surface area contributed by atoms with E-state index in [1.165, 1.54) is 0 Å². The maximum atomic E-state index is 12.1. The van der Waals surface area contributed by atoms with E-state index < -0.39 is 6.43 Å². The van der Waals surface area contributed by atoms with E-state index in [-0.39, 0.29) is 12.0 Å². The first-order valence-corrected chi connectivity index (χ1v) is 4.94. The van der Waals surface area contributed by atoms with E-state index in [4.69, 9.17) is 0 Å². The number of alkyl halides is 2. The molecule has 0 unspecified atom stereocenters. The lowest BCUT2D eigenvalue weighted by molar-refractivity contribution is 0.0903.